The molecule has 0 aromatic carbocycles. The van der Waals surface area contributed by atoms with Crippen molar-refractivity contribution in [2.24, 2.45) is 17.8 Å². The molecule has 0 radical (unpaired) electrons. The van der Waals surface area contributed by atoms with Crippen LogP contribution in [0, 0.1) is 17.8 Å². The number of ether oxygens (including phenoxy) is 1. The average molecular weight is 256 g/mol. The van der Waals surface area contributed by atoms with Crippen molar-refractivity contribution in [1.82, 2.24) is 0 Å². The first-order chi connectivity index (χ1) is 8.56. The van der Waals surface area contributed by atoms with Crippen LogP contribution < -0.4 is 0 Å². The van der Waals surface area contributed by atoms with Crippen LogP contribution in [0.4, 0.5) is 0 Å². The van der Waals surface area contributed by atoms with Crippen molar-refractivity contribution < 1.29 is 9.53 Å². The highest BCUT2D eigenvalue weighted by molar-refractivity contribution is 5.37. The first kappa shape index (κ1) is 17.5. The van der Waals surface area contributed by atoms with Gasteiger partial charge < -0.3 is 4.74 Å². The van der Waals surface area contributed by atoms with Gasteiger partial charge in [0.05, 0.1) is 0 Å². The normalized spacial score (nSPS) is 27.3. The van der Waals surface area contributed by atoms with Gasteiger partial charge in [0.25, 0.3) is 6.47 Å². The molecule has 1 saturated carbocycles. The van der Waals surface area contributed by atoms with E-state index in [0.29, 0.717) is 24.2 Å². The highest BCUT2D eigenvalue weighted by Gasteiger charge is 2.31. The summed E-state index contributed by atoms with van der Waals surface area (Å²) in [7, 11) is 0. The lowest BCUT2D eigenvalue weighted by Gasteiger charge is -2.35. The molecule has 2 nitrogen and oxygen atoms in total. The molecule has 2 unspecified atom stereocenters. The van der Waals surface area contributed by atoms with E-state index in [-0.39, 0.29) is 6.10 Å². The molecule has 0 aliphatic heterocycles. The fourth-order valence-electron chi connectivity index (χ4n) is 2.70. The van der Waals surface area contributed by atoms with Gasteiger partial charge in [-0.25, -0.2) is 0 Å². The first-order valence-electron chi connectivity index (χ1n) is 7.65. The van der Waals surface area contributed by atoms with Gasteiger partial charge in [-0.1, -0.05) is 60.3 Å². The number of hydrogen-bond acceptors (Lipinski definition) is 2. The van der Waals surface area contributed by atoms with Gasteiger partial charge >= 0.3 is 0 Å². The summed E-state index contributed by atoms with van der Waals surface area (Å²) in [6.45, 7) is 11.7. The maximum absolute atomic E-state index is 10.3. The summed E-state index contributed by atoms with van der Waals surface area (Å²) < 4.78 is 5.15. The van der Waals surface area contributed by atoms with Crippen LogP contribution in [0.3, 0.4) is 0 Å². The van der Waals surface area contributed by atoms with Gasteiger partial charge in [0, 0.05) is 0 Å². The van der Waals surface area contributed by atoms with E-state index in [0.717, 1.165) is 6.42 Å². The Bertz CT molecular complexity index is 199. The van der Waals surface area contributed by atoms with Crippen LogP contribution in [0.15, 0.2) is 0 Å². The molecule has 3 atom stereocenters. The van der Waals surface area contributed by atoms with Gasteiger partial charge in [0.1, 0.15) is 6.10 Å². The minimum atomic E-state index is 0.168. The van der Waals surface area contributed by atoms with Crippen molar-refractivity contribution in [1.29, 1.82) is 0 Å². The van der Waals surface area contributed by atoms with Gasteiger partial charge in [-0.15, -0.1) is 0 Å². The Morgan fingerprint density at radius 2 is 1.83 bits per heavy atom. The highest BCUT2D eigenvalue weighted by atomic mass is 16.5. The molecule has 18 heavy (non-hydrogen) atoms. The second kappa shape index (κ2) is 10.4. The van der Waals surface area contributed by atoms with E-state index in [1.165, 1.54) is 32.1 Å². The minimum Gasteiger partial charge on any atom is -0.464 e. The molecular weight excluding hydrogens is 224 g/mol. The smallest absolute Gasteiger partial charge is 0.293 e. The molecule has 0 heterocycles. The van der Waals surface area contributed by atoms with Crippen LogP contribution in [0.2, 0.25) is 0 Å². The van der Waals surface area contributed by atoms with E-state index in [1.54, 1.807) is 0 Å². The quantitative estimate of drug-likeness (QED) is 0.659. The van der Waals surface area contributed by atoms with E-state index < -0.39 is 0 Å². The fraction of sp³-hybridized carbons (Fsp3) is 0.938. The number of rotatable bonds is 5. The topological polar surface area (TPSA) is 26.3 Å². The Balaban J connectivity index is 0.000000494. The van der Waals surface area contributed by atoms with E-state index in [1.807, 2.05) is 0 Å². The van der Waals surface area contributed by atoms with Crippen molar-refractivity contribution in [3.05, 3.63) is 0 Å². The van der Waals surface area contributed by atoms with Gasteiger partial charge in [0.15, 0.2) is 0 Å². The standard InChI is InChI=1S/C11H20O2.C5H12/c1-8(2)10-5-4-9(3)6-11(10)13-7-12;1-3-5-4-2/h7-11H,4-6H2,1-3H3;3-5H2,1-2H3/t9?,10-,11?;/m0./s1. The van der Waals surface area contributed by atoms with E-state index in [9.17, 15) is 4.79 Å². The summed E-state index contributed by atoms with van der Waals surface area (Å²) in [6.07, 6.45) is 7.77. The second-order valence-electron chi connectivity index (χ2n) is 5.95. The summed E-state index contributed by atoms with van der Waals surface area (Å²) in [5.74, 6) is 1.90. The Hall–Kier alpha value is -0.530. The van der Waals surface area contributed by atoms with Crippen LogP contribution >= 0.6 is 0 Å². The molecule has 1 aliphatic rings. The minimum absolute atomic E-state index is 0.168. The number of hydrogen-bond donors (Lipinski definition) is 0. The zero-order chi connectivity index (χ0) is 14.0. The molecule has 0 aromatic rings. The maximum atomic E-state index is 10.3. The van der Waals surface area contributed by atoms with Crippen molar-refractivity contribution in [3.63, 3.8) is 0 Å². The Morgan fingerprint density at radius 3 is 2.22 bits per heavy atom. The van der Waals surface area contributed by atoms with Crippen molar-refractivity contribution in [3.8, 4) is 0 Å². The number of unbranched alkanes of at least 4 members (excludes halogenated alkanes) is 2. The zero-order valence-corrected chi connectivity index (χ0v) is 12.9. The molecule has 0 N–H and O–H groups in total. The fourth-order valence-corrected chi connectivity index (χ4v) is 2.70. The lowest BCUT2D eigenvalue weighted by molar-refractivity contribution is -0.140. The predicted octanol–water partition coefficient (Wildman–Crippen LogP) is 4.82. The van der Waals surface area contributed by atoms with Crippen LogP contribution in [-0.4, -0.2) is 12.6 Å². The summed E-state index contributed by atoms with van der Waals surface area (Å²) in [6, 6.07) is 0. The molecule has 0 bridgehead atoms. The summed E-state index contributed by atoms with van der Waals surface area (Å²) >= 11 is 0. The van der Waals surface area contributed by atoms with Crippen LogP contribution in [0.25, 0.3) is 0 Å². The van der Waals surface area contributed by atoms with Crippen LogP contribution in [-0.2, 0) is 9.53 Å². The molecule has 1 rings (SSSR count). The van der Waals surface area contributed by atoms with E-state index >= 15 is 0 Å². The SMILES string of the molecule is CC1CC[C@@H](C(C)C)C(OC=O)C1.CCCCC. The van der Waals surface area contributed by atoms with E-state index in [2.05, 4.69) is 34.6 Å². The molecular formula is C16H32O2. The summed E-state index contributed by atoms with van der Waals surface area (Å²) in [5.41, 5.74) is 0. The third-order valence-corrected chi connectivity index (χ3v) is 3.90. The molecule has 0 aromatic heterocycles. The Morgan fingerprint density at radius 1 is 1.22 bits per heavy atom. The molecule has 1 fully saturated rings. The van der Waals surface area contributed by atoms with Gasteiger partial charge in [-0.05, 0) is 30.6 Å². The zero-order valence-electron chi connectivity index (χ0n) is 12.9. The second-order valence-corrected chi connectivity index (χ2v) is 5.95. The van der Waals surface area contributed by atoms with Gasteiger partial charge in [0.2, 0.25) is 0 Å². The van der Waals surface area contributed by atoms with Crippen molar-refractivity contribution in [2.75, 3.05) is 0 Å². The monoisotopic (exact) mass is 256 g/mol. The van der Waals surface area contributed by atoms with Crippen LogP contribution in [0.1, 0.15) is 73.1 Å². The molecule has 1 aliphatic carbocycles. The third kappa shape index (κ3) is 7.03. The predicted molar refractivity (Wildman–Crippen MR) is 77.5 cm³/mol. The molecule has 2 heteroatoms. The average Bonchev–Trinajstić information content (AvgIpc) is 2.31. The Kier molecular flexibility index (Phi) is 10.1. The van der Waals surface area contributed by atoms with Gasteiger partial charge in [-0.3, -0.25) is 4.79 Å². The lowest BCUT2D eigenvalue weighted by atomic mass is 9.75. The largest absolute Gasteiger partial charge is 0.464 e. The third-order valence-electron chi connectivity index (χ3n) is 3.90. The maximum Gasteiger partial charge on any atom is 0.293 e. The number of carbonyl (C=O) groups excluding carboxylic acids is 1. The van der Waals surface area contributed by atoms with Crippen molar-refractivity contribution in [2.45, 2.75) is 79.2 Å². The van der Waals surface area contributed by atoms with Gasteiger partial charge in [-0.2, -0.15) is 0 Å². The molecule has 108 valence electrons. The van der Waals surface area contributed by atoms with Crippen molar-refractivity contribution >= 4 is 6.47 Å². The molecule has 0 saturated heterocycles. The van der Waals surface area contributed by atoms with Crippen LogP contribution in [0.5, 0.6) is 0 Å². The summed E-state index contributed by atoms with van der Waals surface area (Å²) in [4.78, 5) is 10.3. The lowest BCUT2D eigenvalue weighted by Crippen LogP contribution is -2.33. The molecule has 0 amide bonds. The Labute approximate surface area is 113 Å². The first-order valence-corrected chi connectivity index (χ1v) is 7.65. The van der Waals surface area contributed by atoms with E-state index in [4.69, 9.17) is 4.74 Å². The molecule has 0 spiro atoms. The summed E-state index contributed by atoms with van der Waals surface area (Å²) in [5, 5.41) is 0. The highest BCUT2D eigenvalue weighted by Crippen LogP contribution is 2.34. The number of carbonyl (C=O) groups is 1.